The van der Waals surface area contributed by atoms with Crippen LogP contribution >= 0.6 is 0 Å². The zero-order chi connectivity index (χ0) is 27.0. The molecule has 1 heterocycles. The fraction of sp³-hybridized carbons (Fsp3) is 0.481. The maximum atomic E-state index is 12.7. The standard InChI is InChI=1S/C27H37N3O7/c1-3-9-21(17-24(32)30-15-8-13-22(30)18-31)25(33)28-14-16-36-26(34)23(10-4-2)29-27(35)37-19-20-11-6-5-7-12-20/h3-7,11-12,21-23,31H,1-2,8-10,13-19H2,(H,28,33)(H,29,35). The van der Waals surface area contributed by atoms with E-state index >= 15 is 0 Å². The summed E-state index contributed by atoms with van der Waals surface area (Å²) >= 11 is 0. The van der Waals surface area contributed by atoms with Crippen LogP contribution in [0, 0.1) is 5.92 Å². The molecule has 0 bridgehead atoms. The normalized spacial score (nSPS) is 16.2. The van der Waals surface area contributed by atoms with Gasteiger partial charge in [0.05, 0.1) is 25.1 Å². The molecule has 202 valence electrons. The molecule has 3 amide bonds. The molecule has 10 nitrogen and oxygen atoms in total. The van der Waals surface area contributed by atoms with Crippen LogP contribution in [0.4, 0.5) is 4.79 Å². The Morgan fingerprint density at radius 2 is 1.84 bits per heavy atom. The summed E-state index contributed by atoms with van der Waals surface area (Å²) in [4.78, 5) is 51.5. The van der Waals surface area contributed by atoms with Crippen LogP contribution in [0.2, 0.25) is 0 Å². The molecule has 1 aliphatic heterocycles. The predicted octanol–water partition coefficient (Wildman–Crippen LogP) is 2.08. The second kappa shape index (κ2) is 16.2. The van der Waals surface area contributed by atoms with Gasteiger partial charge in [0.15, 0.2) is 0 Å². The lowest BCUT2D eigenvalue weighted by Gasteiger charge is -2.25. The van der Waals surface area contributed by atoms with Gasteiger partial charge >= 0.3 is 12.1 Å². The van der Waals surface area contributed by atoms with Crippen molar-refractivity contribution < 1.29 is 33.8 Å². The highest BCUT2D eigenvalue weighted by Crippen LogP contribution is 2.20. The van der Waals surface area contributed by atoms with Crippen LogP contribution in [-0.2, 0) is 30.5 Å². The maximum Gasteiger partial charge on any atom is 0.408 e. The molecule has 3 atom stereocenters. The van der Waals surface area contributed by atoms with E-state index in [2.05, 4.69) is 23.8 Å². The molecule has 1 fully saturated rings. The number of allylic oxidation sites excluding steroid dienone is 1. The minimum Gasteiger partial charge on any atom is -0.462 e. The first-order valence-corrected chi connectivity index (χ1v) is 12.4. The number of carbonyl (C=O) groups is 4. The van der Waals surface area contributed by atoms with Crippen LogP contribution < -0.4 is 10.6 Å². The number of ether oxygens (including phenoxy) is 2. The summed E-state index contributed by atoms with van der Waals surface area (Å²) in [5.74, 6) is -1.83. The van der Waals surface area contributed by atoms with Crippen LogP contribution in [0.3, 0.4) is 0 Å². The van der Waals surface area contributed by atoms with E-state index in [-0.39, 0.29) is 57.1 Å². The lowest BCUT2D eigenvalue weighted by Crippen LogP contribution is -2.43. The fourth-order valence-corrected chi connectivity index (χ4v) is 4.02. The number of nitrogens with one attached hydrogen (secondary N) is 2. The maximum absolute atomic E-state index is 12.7. The number of aliphatic hydroxyl groups excluding tert-OH is 1. The topological polar surface area (TPSA) is 134 Å². The monoisotopic (exact) mass is 515 g/mol. The summed E-state index contributed by atoms with van der Waals surface area (Å²) in [5.41, 5.74) is 0.807. The minimum atomic E-state index is -0.984. The summed E-state index contributed by atoms with van der Waals surface area (Å²) in [7, 11) is 0. The van der Waals surface area contributed by atoms with Gasteiger partial charge in [0, 0.05) is 13.0 Å². The number of benzene rings is 1. The van der Waals surface area contributed by atoms with E-state index in [1.165, 1.54) is 6.08 Å². The average Bonchev–Trinajstić information content (AvgIpc) is 3.39. The van der Waals surface area contributed by atoms with Gasteiger partial charge in [0.25, 0.3) is 0 Å². The number of amides is 3. The summed E-state index contributed by atoms with van der Waals surface area (Å²) in [6.45, 7) is 7.71. The number of hydrogen-bond donors (Lipinski definition) is 3. The van der Waals surface area contributed by atoms with Crippen LogP contribution in [0.25, 0.3) is 0 Å². The van der Waals surface area contributed by atoms with E-state index in [0.29, 0.717) is 13.0 Å². The fourth-order valence-electron chi connectivity index (χ4n) is 4.02. The van der Waals surface area contributed by atoms with E-state index in [1.807, 2.05) is 30.3 Å². The lowest BCUT2D eigenvalue weighted by atomic mass is 9.99. The minimum absolute atomic E-state index is 0.00453. The molecule has 0 radical (unpaired) electrons. The average molecular weight is 516 g/mol. The van der Waals surface area contributed by atoms with E-state index in [0.717, 1.165) is 18.4 Å². The van der Waals surface area contributed by atoms with Gasteiger partial charge in [-0.3, -0.25) is 9.59 Å². The van der Waals surface area contributed by atoms with Gasteiger partial charge in [0.2, 0.25) is 11.8 Å². The molecular formula is C27H37N3O7. The first-order chi connectivity index (χ1) is 17.9. The summed E-state index contributed by atoms with van der Waals surface area (Å²) < 4.78 is 10.3. The first-order valence-electron chi connectivity index (χ1n) is 12.4. The molecule has 0 aromatic heterocycles. The Kier molecular flexibility index (Phi) is 12.9. The zero-order valence-corrected chi connectivity index (χ0v) is 21.1. The number of esters is 1. The number of alkyl carbamates (subject to hydrolysis) is 1. The Hall–Kier alpha value is -3.66. The summed E-state index contributed by atoms with van der Waals surface area (Å²) in [5, 5.41) is 14.6. The SMILES string of the molecule is C=CCC(CC(=O)N1CCCC1CO)C(=O)NCCOC(=O)C(CC=C)NC(=O)OCc1ccccc1. The molecule has 2 rings (SSSR count). The first kappa shape index (κ1) is 29.6. The Morgan fingerprint density at radius 1 is 1.11 bits per heavy atom. The highest BCUT2D eigenvalue weighted by atomic mass is 16.6. The van der Waals surface area contributed by atoms with Crippen molar-refractivity contribution in [1.29, 1.82) is 0 Å². The molecule has 1 aromatic carbocycles. The Bertz CT molecular complexity index is 922. The molecule has 0 saturated carbocycles. The second-order valence-electron chi connectivity index (χ2n) is 8.73. The number of nitrogens with zero attached hydrogens (tertiary/aromatic N) is 1. The molecule has 0 aliphatic carbocycles. The third-order valence-electron chi connectivity index (χ3n) is 5.99. The van der Waals surface area contributed by atoms with Gasteiger partial charge in [0.1, 0.15) is 19.3 Å². The van der Waals surface area contributed by atoms with Crippen molar-refractivity contribution in [2.75, 3.05) is 26.3 Å². The van der Waals surface area contributed by atoms with Crippen LogP contribution in [0.1, 0.15) is 37.7 Å². The van der Waals surface area contributed by atoms with Crippen molar-refractivity contribution in [3.63, 3.8) is 0 Å². The molecule has 3 unspecified atom stereocenters. The highest BCUT2D eigenvalue weighted by Gasteiger charge is 2.31. The van der Waals surface area contributed by atoms with Crippen molar-refractivity contribution in [3.8, 4) is 0 Å². The second-order valence-corrected chi connectivity index (χ2v) is 8.73. The van der Waals surface area contributed by atoms with E-state index < -0.39 is 24.0 Å². The van der Waals surface area contributed by atoms with Crippen LogP contribution in [0.15, 0.2) is 55.6 Å². The Balaban J connectivity index is 1.76. The molecule has 1 aliphatic rings. The highest BCUT2D eigenvalue weighted by molar-refractivity contribution is 5.86. The Morgan fingerprint density at radius 3 is 2.51 bits per heavy atom. The van der Waals surface area contributed by atoms with Crippen molar-refractivity contribution in [2.24, 2.45) is 5.92 Å². The number of likely N-dealkylation sites (tertiary alicyclic amines) is 1. The predicted molar refractivity (Wildman–Crippen MR) is 137 cm³/mol. The van der Waals surface area contributed by atoms with Crippen molar-refractivity contribution in [3.05, 3.63) is 61.2 Å². The van der Waals surface area contributed by atoms with Gasteiger partial charge < -0.3 is 30.1 Å². The molecule has 1 saturated heterocycles. The molecular weight excluding hydrogens is 478 g/mol. The number of aliphatic hydroxyl groups is 1. The van der Waals surface area contributed by atoms with Crippen LogP contribution in [-0.4, -0.2) is 72.3 Å². The Labute approximate surface area is 217 Å². The van der Waals surface area contributed by atoms with Gasteiger partial charge in [-0.25, -0.2) is 9.59 Å². The van der Waals surface area contributed by atoms with Gasteiger partial charge in [-0.1, -0.05) is 42.5 Å². The van der Waals surface area contributed by atoms with Crippen molar-refractivity contribution >= 4 is 23.9 Å². The third-order valence-corrected chi connectivity index (χ3v) is 5.99. The van der Waals surface area contributed by atoms with E-state index in [1.54, 1.807) is 11.0 Å². The van der Waals surface area contributed by atoms with Gasteiger partial charge in [-0.05, 0) is 31.2 Å². The summed E-state index contributed by atoms with van der Waals surface area (Å²) in [6.07, 6.45) is 4.32. The van der Waals surface area contributed by atoms with Crippen molar-refractivity contribution in [2.45, 2.75) is 50.8 Å². The number of rotatable bonds is 15. The van der Waals surface area contributed by atoms with Gasteiger partial charge in [-0.15, -0.1) is 13.2 Å². The quantitative estimate of drug-likeness (QED) is 0.185. The van der Waals surface area contributed by atoms with Crippen LogP contribution in [0.5, 0.6) is 0 Å². The zero-order valence-electron chi connectivity index (χ0n) is 21.1. The smallest absolute Gasteiger partial charge is 0.408 e. The number of hydrogen-bond acceptors (Lipinski definition) is 7. The van der Waals surface area contributed by atoms with Gasteiger partial charge in [-0.2, -0.15) is 0 Å². The summed E-state index contributed by atoms with van der Waals surface area (Å²) in [6, 6.07) is 7.93. The van der Waals surface area contributed by atoms with Crippen molar-refractivity contribution in [1.82, 2.24) is 15.5 Å². The molecule has 10 heteroatoms. The molecule has 3 N–H and O–H groups in total. The molecule has 1 aromatic rings. The molecule has 37 heavy (non-hydrogen) atoms. The number of carbonyl (C=O) groups excluding carboxylic acids is 4. The largest absolute Gasteiger partial charge is 0.462 e. The van der Waals surface area contributed by atoms with E-state index in [9.17, 15) is 24.3 Å². The van der Waals surface area contributed by atoms with E-state index in [4.69, 9.17) is 9.47 Å². The third kappa shape index (κ3) is 10.1. The lowest BCUT2D eigenvalue weighted by molar-refractivity contribution is -0.146. The molecule has 0 spiro atoms.